The smallest absolute Gasteiger partial charge is 0.326 e. The standard InChI is InChI=1S/C35H58N10O9/c1-18(2)14-24(31(50)41-23(12-9-13-40-35(38)39)30(49)44-26(34(53)54)16-27(37)47)42-32(51)25(15-19(3)4)43-33(52)28(45-29(48)22(36)17-46)20(5)21-10-7-6-8-11-21/h6-8,10-11,18-20,22-26,28,46H,9,12-17,36H2,1-5H3,(H2,37,47)(H,41,50)(H,42,51)(H,43,52)(H,44,49)(H,45,48)(H,53,54)(H4,38,39,40)/t20-,22-,23-,24-,25-,26-,28-/m0/s1. The van der Waals surface area contributed by atoms with Gasteiger partial charge in [-0.3, -0.25) is 33.8 Å². The highest BCUT2D eigenvalue weighted by Crippen LogP contribution is 2.20. The zero-order valence-electron chi connectivity index (χ0n) is 31.5. The van der Waals surface area contributed by atoms with Crippen molar-refractivity contribution >= 4 is 47.4 Å². The van der Waals surface area contributed by atoms with Gasteiger partial charge in [-0.15, -0.1) is 0 Å². The number of aliphatic hydroxyl groups excluding tert-OH is 1. The predicted octanol–water partition coefficient (Wildman–Crippen LogP) is -2.36. The number of aliphatic hydroxyl groups is 1. The van der Waals surface area contributed by atoms with E-state index in [1.807, 2.05) is 13.8 Å². The number of amides is 6. The van der Waals surface area contributed by atoms with E-state index in [9.17, 15) is 43.8 Å². The van der Waals surface area contributed by atoms with Crippen LogP contribution < -0.4 is 49.5 Å². The molecular formula is C35H58N10O9. The summed E-state index contributed by atoms with van der Waals surface area (Å²) in [7, 11) is 0. The summed E-state index contributed by atoms with van der Waals surface area (Å²) in [5.41, 5.74) is 22.3. The largest absolute Gasteiger partial charge is 0.480 e. The van der Waals surface area contributed by atoms with Gasteiger partial charge in [0.1, 0.15) is 36.3 Å². The third-order valence-electron chi connectivity index (χ3n) is 8.22. The summed E-state index contributed by atoms with van der Waals surface area (Å²) in [4.78, 5) is 94.5. The predicted molar refractivity (Wildman–Crippen MR) is 200 cm³/mol. The van der Waals surface area contributed by atoms with Crippen LogP contribution in [0, 0.1) is 11.8 Å². The lowest BCUT2D eigenvalue weighted by atomic mass is 9.91. The van der Waals surface area contributed by atoms with Crippen LogP contribution in [0.3, 0.4) is 0 Å². The monoisotopic (exact) mass is 762 g/mol. The number of carbonyl (C=O) groups is 7. The van der Waals surface area contributed by atoms with Crippen LogP contribution in [0.15, 0.2) is 35.3 Å². The van der Waals surface area contributed by atoms with Crippen molar-refractivity contribution in [1.82, 2.24) is 26.6 Å². The van der Waals surface area contributed by atoms with E-state index in [1.165, 1.54) is 0 Å². The van der Waals surface area contributed by atoms with Gasteiger partial charge in [0.15, 0.2) is 5.96 Å². The summed E-state index contributed by atoms with van der Waals surface area (Å²) in [6, 6.07) is 0.926. The first kappa shape index (κ1) is 46.7. The van der Waals surface area contributed by atoms with Gasteiger partial charge in [0.2, 0.25) is 35.4 Å². The fraction of sp³-hybridized carbons (Fsp3) is 0.600. The second kappa shape index (κ2) is 23.4. The molecule has 0 unspecified atom stereocenters. The van der Waals surface area contributed by atoms with Gasteiger partial charge < -0.3 is 59.7 Å². The number of benzene rings is 1. The van der Waals surface area contributed by atoms with Crippen LogP contribution in [0.4, 0.5) is 0 Å². The quantitative estimate of drug-likeness (QED) is 0.0299. The van der Waals surface area contributed by atoms with Crippen LogP contribution in [0.2, 0.25) is 0 Å². The number of primary amides is 1. The van der Waals surface area contributed by atoms with E-state index >= 15 is 0 Å². The molecule has 15 N–H and O–H groups in total. The molecule has 0 saturated heterocycles. The lowest BCUT2D eigenvalue weighted by Gasteiger charge is -2.30. The van der Waals surface area contributed by atoms with E-state index in [4.69, 9.17) is 22.9 Å². The van der Waals surface area contributed by atoms with Crippen LogP contribution >= 0.6 is 0 Å². The number of nitrogens with one attached hydrogen (secondary N) is 5. The molecule has 7 atom stereocenters. The molecule has 0 heterocycles. The number of hydrogen-bond donors (Lipinski definition) is 11. The minimum absolute atomic E-state index is 0.0573. The number of aliphatic carboxylic acids is 1. The van der Waals surface area contributed by atoms with Gasteiger partial charge in [-0.2, -0.15) is 0 Å². The van der Waals surface area contributed by atoms with Crippen LogP contribution in [0.1, 0.15) is 78.2 Å². The zero-order chi connectivity index (χ0) is 41.1. The summed E-state index contributed by atoms with van der Waals surface area (Å²) in [6.07, 6.45) is -0.345. The third-order valence-corrected chi connectivity index (χ3v) is 8.22. The Morgan fingerprint density at radius 3 is 1.63 bits per heavy atom. The molecular weight excluding hydrogens is 704 g/mol. The Kier molecular flexibility index (Phi) is 20.2. The van der Waals surface area contributed by atoms with Crippen molar-refractivity contribution in [2.75, 3.05) is 13.2 Å². The SMILES string of the molecule is CC(C)C[C@H](NC(=O)[C@H](CC(C)C)NC(=O)[C@@H](NC(=O)[C@@H](N)CO)[C@@H](C)c1ccccc1)C(=O)N[C@@H](CCCN=C(N)N)C(=O)N[C@@H](CC(N)=O)C(=O)O. The molecule has 302 valence electrons. The van der Waals surface area contributed by atoms with Crippen molar-refractivity contribution in [1.29, 1.82) is 0 Å². The minimum atomic E-state index is -1.67. The van der Waals surface area contributed by atoms with Crippen LogP contribution in [-0.4, -0.2) is 107 Å². The molecule has 1 rings (SSSR count). The van der Waals surface area contributed by atoms with Crippen LogP contribution in [-0.2, 0) is 33.6 Å². The molecule has 19 heteroatoms. The number of carboxylic acids is 1. The average molecular weight is 763 g/mol. The Bertz CT molecular complexity index is 1450. The molecule has 0 radical (unpaired) electrons. The van der Waals surface area contributed by atoms with Crippen molar-refractivity contribution in [3.63, 3.8) is 0 Å². The van der Waals surface area contributed by atoms with Crippen LogP contribution in [0.25, 0.3) is 0 Å². The van der Waals surface area contributed by atoms with E-state index in [0.717, 1.165) is 0 Å². The van der Waals surface area contributed by atoms with E-state index in [0.29, 0.717) is 5.56 Å². The van der Waals surface area contributed by atoms with Gasteiger partial charge in [-0.25, -0.2) is 4.79 Å². The van der Waals surface area contributed by atoms with Gasteiger partial charge in [0.25, 0.3) is 0 Å². The van der Waals surface area contributed by atoms with Crippen molar-refractivity contribution < 1.29 is 43.8 Å². The molecule has 0 fully saturated rings. The number of nitrogens with two attached hydrogens (primary N) is 4. The maximum Gasteiger partial charge on any atom is 0.326 e. The molecule has 0 aliphatic heterocycles. The maximum atomic E-state index is 13.9. The summed E-state index contributed by atoms with van der Waals surface area (Å²) >= 11 is 0. The first-order valence-electron chi connectivity index (χ1n) is 17.8. The molecule has 19 nitrogen and oxygen atoms in total. The molecule has 6 amide bonds. The van der Waals surface area contributed by atoms with Gasteiger partial charge in [0.05, 0.1) is 13.0 Å². The minimum Gasteiger partial charge on any atom is -0.480 e. The van der Waals surface area contributed by atoms with Gasteiger partial charge in [-0.1, -0.05) is 65.0 Å². The number of hydrogen-bond acceptors (Lipinski definition) is 10. The highest BCUT2D eigenvalue weighted by Gasteiger charge is 2.35. The highest BCUT2D eigenvalue weighted by atomic mass is 16.4. The number of carboxylic acid groups (broad SMARTS) is 1. The lowest BCUT2D eigenvalue weighted by Crippen LogP contribution is -2.60. The molecule has 1 aromatic carbocycles. The molecule has 0 bridgehead atoms. The van der Waals surface area contributed by atoms with Gasteiger partial charge in [0, 0.05) is 12.5 Å². The summed E-state index contributed by atoms with van der Waals surface area (Å²) in [5, 5.41) is 31.7. The molecule has 0 spiro atoms. The number of aliphatic imine (C=N–C) groups is 1. The molecule has 0 aliphatic rings. The van der Waals surface area contributed by atoms with Crippen molar-refractivity contribution in [2.45, 2.75) is 109 Å². The average Bonchev–Trinajstić information content (AvgIpc) is 3.09. The third kappa shape index (κ3) is 17.0. The Labute approximate surface area is 315 Å². The molecule has 0 saturated carbocycles. The van der Waals surface area contributed by atoms with E-state index in [1.54, 1.807) is 51.1 Å². The maximum absolute atomic E-state index is 13.9. The highest BCUT2D eigenvalue weighted by molar-refractivity contribution is 5.97. The lowest BCUT2D eigenvalue weighted by molar-refractivity contribution is -0.143. The topological polar surface area (TPSA) is 337 Å². The first-order valence-corrected chi connectivity index (χ1v) is 17.8. The Balaban J connectivity index is 3.39. The zero-order valence-corrected chi connectivity index (χ0v) is 31.5. The van der Waals surface area contributed by atoms with Gasteiger partial charge in [-0.05, 0) is 43.1 Å². The van der Waals surface area contributed by atoms with Crippen molar-refractivity contribution in [3.05, 3.63) is 35.9 Å². The van der Waals surface area contributed by atoms with Crippen molar-refractivity contribution in [2.24, 2.45) is 39.8 Å². The second-order valence-electron chi connectivity index (χ2n) is 13.9. The first-order chi connectivity index (χ1) is 25.3. The Hall–Kier alpha value is -5.30. The Morgan fingerprint density at radius 1 is 0.685 bits per heavy atom. The second-order valence-corrected chi connectivity index (χ2v) is 13.9. The van der Waals surface area contributed by atoms with Gasteiger partial charge >= 0.3 is 5.97 Å². The van der Waals surface area contributed by atoms with E-state index in [-0.39, 0.29) is 50.0 Å². The molecule has 0 aromatic heterocycles. The number of rotatable bonds is 24. The number of nitrogens with zero attached hydrogens (tertiary/aromatic N) is 1. The fourth-order valence-electron chi connectivity index (χ4n) is 5.37. The summed E-state index contributed by atoms with van der Waals surface area (Å²) in [5.74, 6) is -7.49. The summed E-state index contributed by atoms with van der Waals surface area (Å²) in [6.45, 7) is 8.37. The van der Waals surface area contributed by atoms with E-state index < -0.39 is 96.6 Å². The number of carbonyl (C=O) groups excluding carboxylic acids is 6. The number of guanidine groups is 1. The molecule has 54 heavy (non-hydrogen) atoms. The Morgan fingerprint density at radius 2 is 1.17 bits per heavy atom. The van der Waals surface area contributed by atoms with Crippen molar-refractivity contribution in [3.8, 4) is 0 Å². The molecule has 0 aliphatic carbocycles. The summed E-state index contributed by atoms with van der Waals surface area (Å²) < 4.78 is 0. The molecule has 1 aromatic rings. The normalized spacial score (nSPS) is 15.0. The van der Waals surface area contributed by atoms with Crippen LogP contribution in [0.5, 0.6) is 0 Å². The van der Waals surface area contributed by atoms with E-state index in [2.05, 4.69) is 31.6 Å². The fourth-order valence-corrected chi connectivity index (χ4v) is 5.37.